The van der Waals surface area contributed by atoms with E-state index in [-0.39, 0.29) is 0 Å². The summed E-state index contributed by atoms with van der Waals surface area (Å²) in [7, 11) is 1.87. The van der Waals surface area contributed by atoms with Gasteiger partial charge in [-0.2, -0.15) is 5.10 Å². The second-order valence-corrected chi connectivity index (χ2v) is 3.35. The van der Waals surface area contributed by atoms with Crippen molar-refractivity contribution in [1.29, 1.82) is 0 Å². The van der Waals surface area contributed by atoms with Crippen molar-refractivity contribution in [2.45, 2.75) is 13.0 Å². The van der Waals surface area contributed by atoms with Gasteiger partial charge in [0.15, 0.2) is 5.75 Å². The summed E-state index contributed by atoms with van der Waals surface area (Å²) in [5.41, 5.74) is 0. The van der Waals surface area contributed by atoms with Gasteiger partial charge in [-0.1, -0.05) is 0 Å². The van der Waals surface area contributed by atoms with Gasteiger partial charge in [0.2, 0.25) is 0 Å². The second kappa shape index (κ2) is 4.63. The Balaban J connectivity index is 1.67. The number of aryl methyl sites for hydroxylation is 2. The summed E-state index contributed by atoms with van der Waals surface area (Å²) in [6.45, 7) is 1.63. The molecule has 0 N–H and O–H groups in total. The van der Waals surface area contributed by atoms with Crippen LogP contribution in [0.3, 0.4) is 0 Å². The number of rotatable bonds is 5. The van der Waals surface area contributed by atoms with Gasteiger partial charge in [0.25, 0.3) is 0 Å². The minimum absolute atomic E-state index is 0.698. The van der Waals surface area contributed by atoms with Crippen LogP contribution >= 0.6 is 0 Å². The van der Waals surface area contributed by atoms with Gasteiger partial charge in [-0.15, -0.1) is 0 Å². The molecule has 0 unspecified atom stereocenters. The molecule has 15 heavy (non-hydrogen) atoms. The molecule has 0 atom stereocenters. The lowest BCUT2D eigenvalue weighted by Gasteiger charge is -2.03. The van der Waals surface area contributed by atoms with Crippen molar-refractivity contribution >= 4 is 0 Å². The van der Waals surface area contributed by atoms with E-state index in [1.54, 1.807) is 17.1 Å². The monoisotopic (exact) mass is 206 g/mol. The maximum Gasteiger partial charge on any atom is 0.157 e. The fourth-order valence-corrected chi connectivity index (χ4v) is 1.33. The van der Waals surface area contributed by atoms with E-state index in [9.17, 15) is 0 Å². The molecule has 2 rings (SSSR count). The lowest BCUT2D eigenvalue weighted by molar-refractivity contribution is 0.301. The Morgan fingerprint density at radius 2 is 2.40 bits per heavy atom. The average Bonchev–Trinajstić information content (AvgIpc) is 2.84. The first-order valence-electron chi connectivity index (χ1n) is 4.92. The zero-order chi connectivity index (χ0) is 10.5. The molecule has 0 saturated heterocycles. The molecule has 80 valence electrons. The molecule has 0 amide bonds. The van der Waals surface area contributed by atoms with Gasteiger partial charge in [-0.05, 0) is 6.42 Å². The second-order valence-electron chi connectivity index (χ2n) is 3.35. The summed E-state index contributed by atoms with van der Waals surface area (Å²) in [6, 6.07) is 0. The molecular formula is C10H14N4O. The van der Waals surface area contributed by atoms with Crippen LogP contribution in [0.1, 0.15) is 6.42 Å². The van der Waals surface area contributed by atoms with Gasteiger partial charge in [0.05, 0.1) is 25.3 Å². The Bertz CT molecular complexity index is 393. The largest absolute Gasteiger partial charge is 0.490 e. The van der Waals surface area contributed by atoms with E-state index >= 15 is 0 Å². The predicted molar refractivity (Wildman–Crippen MR) is 55.5 cm³/mol. The lowest BCUT2D eigenvalue weighted by Crippen LogP contribution is -2.02. The predicted octanol–water partition coefficient (Wildman–Crippen LogP) is 1.09. The minimum Gasteiger partial charge on any atom is -0.490 e. The Kier molecular flexibility index (Phi) is 3.02. The van der Waals surface area contributed by atoms with E-state index in [1.807, 2.05) is 30.3 Å². The molecule has 0 aliphatic carbocycles. The number of nitrogens with zero attached hydrogens (tertiary/aromatic N) is 4. The number of hydrogen-bond acceptors (Lipinski definition) is 3. The maximum absolute atomic E-state index is 5.51. The Morgan fingerprint density at radius 1 is 1.47 bits per heavy atom. The van der Waals surface area contributed by atoms with Crippen molar-refractivity contribution in [1.82, 2.24) is 19.3 Å². The zero-order valence-corrected chi connectivity index (χ0v) is 8.71. The van der Waals surface area contributed by atoms with Gasteiger partial charge in [0.1, 0.15) is 0 Å². The van der Waals surface area contributed by atoms with E-state index < -0.39 is 0 Å². The molecular weight excluding hydrogens is 192 g/mol. The summed E-state index contributed by atoms with van der Waals surface area (Å²) < 4.78 is 9.27. The van der Waals surface area contributed by atoms with Crippen molar-refractivity contribution in [3.63, 3.8) is 0 Å². The summed E-state index contributed by atoms with van der Waals surface area (Å²) in [5.74, 6) is 0.822. The highest BCUT2D eigenvalue weighted by molar-refractivity contribution is 5.10. The third-order valence-electron chi connectivity index (χ3n) is 2.07. The third kappa shape index (κ3) is 2.83. The molecule has 0 aromatic carbocycles. The van der Waals surface area contributed by atoms with Crippen LogP contribution in [-0.2, 0) is 13.6 Å². The molecule has 0 fully saturated rings. The smallest absolute Gasteiger partial charge is 0.157 e. The molecule has 2 aromatic rings. The average molecular weight is 206 g/mol. The van der Waals surface area contributed by atoms with E-state index in [0.29, 0.717) is 6.61 Å². The number of hydrogen-bond donors (Lipinski definition) is 0. The quantitative estimate of drug-likeness (QED) is 0.688. The summed E-state index contributed by atoms with van der Waals surface area (Å²) in [4.78, 5) is 3.97. The summed E-state index contributed by atoms with van der Waals surface area (Å²) >= 11 is 0. The molecule has 0 aliphatic rings. The Hall–Kier alpha value is -1.78. The normalized spacial score (nSPS) is 10.5. The third-order valence-corrected chi connectivity index (χ3v) is 2.07. The van der Waals surface area contributed by atoms with E-state index in [0.717, 1.165) is 18.7 Å². The standard InChI is InChI=1S/C10H14N4O/c1-13-8-10(7-12-13)15-6-2-4-14-5-3-11-9-14/h3,5,7-9H,2,4,6H2,1H3. The summed E-state index contributed by atoms with van der Waals surface area (Å²) in [5, 5.41) is 4.02. The molecule has 2 heterocycles. The molecule has 0 radical (unpaired) electrons. The van der Waals surface area contributed by atoms with E-state index in [1.165, 1.54) is 0 Å². The zero-order valence-electron chi connectivity index (χ0n) is 8.71. The van der Waals surface area contributed by atoms with Crippen molar-refractivity contribution in [3.8, 4) is 5.75 Å². The molecule has 0 bridgehead atoms. The highest BCUT2D eigenvalue weighted by Crippen LogP contribution is 2.07. The van der Waals surface area contributed by atoms with Crippen LogP contribution in [0.2, 0.25) is 0 Å². The maximum atomic E-state index is 5.51. The first-order valence-corrected chi connectivity index (χ1v) is 4.92. The Morgan fingerprint density at radius 3 is 3.07 bits per heavy atom. The highest BCUT2D eigenvalue weighted by atomic mass is 16.5. The fourth-order valence-electron chi connectivity index (χ4n) is 1.33. The highest BCUT2D eigenvalue weighted by Gasteiger charge is 1.96. The topological polar surface area (TPSA) is 44.9 Å². The van der Waals surface area contributed by atoms with E-state index in [4.69, 9.17) is 4.74 Å². The van der Waals surface area contributed by atoms with Crippen molar-refractivity contribution in [2.24, 2.45) is 7.05 Å². The molecule has 5 nitrogen and oxygen atoms in total. The Labute approximate surface area is 88.3 Å². The summed E-state index contributed by atoms with van der Waals surface area (Å²) in [6.07, 6.45) is 10.1. The van der Waals surface area contributed by atoms with Crippen molar-refractivity contribution in [3.05, 3.63) is 31.1 Å². The van der Waals surface area contributed by atoms with Crippen LogP contribution in [0.15, 0.2) is 31.1 Å². The van der Waals surface area contributed by atoms with Crippen LogP contribution in [0.4, 0.5) is 0 Å². The van der Waals surface area contributed by atoms with Gasteiger partial charge in [-0.3, -0.25) is 4.68 Å². The van der Waals surface area contributed by atoms with Gasteiger partial charge in [-0.25, -0.2) is 4.98 Å². The minimum atomic E-state index is 0.698. The number of aromatic nitrogens is 4. The van der Waals surface area contributed by atoms with Gasteiger partial charge >= 0.3 is 0 Å². The van der Waals surface area contributed by atoms with Crippen LogP contribution in [-0.4, -0.2) is 25.9 Å². The number of imidazole rings is 1. The van der Waals surface area contributed by atoms with E-state index in [2.05, 4.69) is 10.1 Å². The van der Waals surface area contributed by atoms with Crippen LogP contribution < -0.4 is 4.74 Å². The first kappa shape index (κ1) is 9.76. The lowest BCUT2D eigenvalue weighted by atomic mass is 10.4. The molecule has 2 aromatic heterocycles. The van der Waals surface area contributed by atoms with Crippen molar-refractivity contribution in [2.75, 3.05) is 6.61 Å². The molecule has 5 heteroatoms. The SMILES string of the molecule is Cn1cc(OCCCn2ccnc2)cn1. The molecule has 0 spiro atoms. The first-order chi connectivity index (χ1) is 7.34. The van der Waals surface area contributed by atoms with Crippen LogP contribution in [0.5, 0.6) is 5.75 Å². The van der Waals surface area contributed by atoms with Crippen LogP contribution in [0.25, 0.3) is 0 Å². The van der Waals surface area contributed by atoms with Gasteiger partial charge in [0, 0.05) is 26.0 Å². The number of ether oxygens (including phenoxy) is 1. The van der Waals surface area contributed by atoms with Crippen LogP contribution in [0, 0.1) is 0 Å². The molecule has 0 aliphatic heterocycles. The van der Waals surface area contributed by atoms with Crippen molar-refractivity contribution < 1.29 is 4.74 Å². The fraction of sp³-hybridized carbons (Fsp3) is 0.400. The molecule has 0 saturated carbocycles. The van der Waals surface area contributed by atoms with Gasteiger partial charge < -0.3 is 9.30 Å².